The van der Waals surface area contributed by atoms with E-state index in [-0.39, 0.29) is 5.41 Å². The van der Waals surface area contributed by atoms with Gasteiger partial charge in [-0.3, -0.25) is 10.00 Å². The van der Waals surface area contributed by atoms with Crippen LogP contribution in [0.4, 0.5) is 17.3 Å². The molecule has 4 rings (SSSR count). The van der Waals surface area contributed by atoms with Crippen LogP contribution >= 0.6 is 0 Å². The molecule has 25 heavy (non-hydrogen) atoms. The summed E-state index contributed by atoms with van der Waals surface area (Å²) in [6, 6.07) is 14.8. The Hall–Kier alpha value is -3.15. The molecule has 125 valence electrons. The largest absolute Gasteiger partial charge is 0.359 e. The van der Waals surface area contributed by atoms with E-state index in [0.717, 1.165) is 22.4 Å². The molecule has 0 aliphatic carbocycles. The standard InChI is InChI=1S/C19H18N5O/c1-19(2,3)16-11-18(23-25-16)24(17-6-4-5-9-20-17)14-8-7-13-12-21-22-15(13)10-14/h4-5,7-12H,1-3H3,(H,21,22). The molecule has 0 atom stereocenters. The number of benzene rings is 1. The molecule has 0 unspecified atom stereocenters. The molecule has 3 aromatic heterocycles. The Balaban J connectivity index is 1.86. The van der Waals surface area contributed by atoms with E-state index in [1.165, 1.54) is 0 Å². The molecular weight excluding hydrogens is 314 g/mol. The maximum atomic E-state index is 5.57. The minimum absolute atomic E-state index is 0.127. The van der Waals surface area contributed by atoms with Crippen molar-refractivity contribution in [3.8, 4) is 0 Å². The van der Waals surface area contributed by atoms with Crippen molar-refractivity contribution < 1.29 is 4.52 Å². The van der Waals surface area contributed by atoms with Gasteiger partial charge in [0, 0.05) is 29.1 Å². The Morgan fingerprint density at radius 1 is 1.20 bits per heavy atom. The van der Waals surface area contributed by atoms with Crippen LogP contribution in [-0.2, 0) is 5.41 Å². The highest BCUT2D eigenvalue weighted by Crippen LogP contribution is 2.35. The molecule has 4 aromatic rings. The second-order valence-corrected chi connectivity index (χ2v) is 6.88. The van der Waals surface area contributed by atoms with E-state index in [2.05, 4.69) is 47.2 Å². The summed E-state index contributed by atoms with van der Waals surface area (Å²) < 4.78 is 5.57. The fraction of sp³-hybridized carbons (Fsp3) is 0.211. The number of aromatic amines is 1. The molecule has 0 aliphatic rings. The van der Waals surface area contributed by atoms with Gasteiger partial charge in [-0.1, -0.05) is 25.9 Å². The van der Waals surface area contributed by atoms with Gasteiger partial charge in [0.15, 0.2) is 5.82 Å². The van der Waals surface area contributed by atoms with Gasteiger partial charge in [-0.15, -0.1) is 0 Å². The van der Waals surface area contributed by atoms with Crippen LogP contribution in [0, 0.1) is 6.07 Å². The second kappa shape index (κ2) is 5.73. The molecule has 0 fully saturated rings. The number of nitrogens with zero attached hydrogens (tertiary/aromatic N) is 4. The number of fused-ring (bicyclic) bond motifs is 1. The number of hydrogen-bond donors (Lipinski definition) is 1. The van der Waals surface area contributed by atoms with Gasteiger partial charge in [0.05, 0.1) is 17.4 Å². The summed E-state index contributed by atoms with van der Waals surface area (Å²) in [5.41, 5.74) is 1.72. The normalized spacial score (nSPS) is 11.8. The Kier molecular flexibility index (Phi) is 3.53. The van der Waals surface area contributed by atoms with E-state index >= 15 is 0 Å². The van der Waals surface area contributed by atoms with Gasteiger partial charge < -0.3 is 4.52 Å². The molecule has 3 heterocycles. The zero-order chi connectivity index (χ0) is 17.4. The van der Waals surface area contributed by atoms with Crippen molar-refractivity contribution in [2.24, 2.45) is 0 Å². The van der Waals surface area contributed by atoms with Crippen molar-refractivity contribution in [1.29, 1.82) is 0 Å². The quantitative estimate of drug-likeness (QED) is 0.597. The van der Waals surface area contributed by atoms with E-state index in [9.17, 15) is 0 Å². The highest BCUT2D eigenvalue weighted by molar-refractivity contribution is 5.85. The average molecular weight is 332 g/mol. The van der Waals surface area contributed by atoms with Gasteiger partial charge >= 0.3 is 0 Å². The Morgan fingerprint density at radius 2 is 2.08 bits per heavy atom. The van der Waals surface area contributed by atoms with E-state index in [0.29, 0.717) is 11.6 Å². The maximum Gasteiger partial charge on any atom is 0.182 e. The molecule has 0 saturated carbocycles. The predicted octanol–water partition coefficient (Wildman–Crippen LogP) is 4.51. The van der Waals surface area contributed by atoms with Crippen LogP contribution in [0.5, 0.6) is 0 Å². The van der Waals surface area contributed by atoms with Crippen molar-refractivity contribution in [1.82, 2.24) is 20.3 Å². The third-order valence-electron chi connectivity index (χ3n) is 3.95. The van der Waals surface area contributed by atoms with Gasteiger partial charge in [0.25, 0.3) is 0 Å². The van der Waals surface area contributed by atoms with Crippen molar-refractivity contribution >= 4 is 28.2 Å². The third kappa shape index (κ3) is 2.87. The monoisotopic (exact) mass is 332 g/mol. The molecule has 1 aromatic carbocycles. The van der Waals surface area contributed by atoms with E-state index in [1.54, 1.807) is 12.4 Å². The van der Waals surface area contributed by atoms with Crippen LogP contribution in [0.15, 0.2) is 53.3 Å². The summed E-state index contributed by atoms with van der Waals surface area (Å²) in [5, 5.41) is 12.4. The minimum Gasteiger partial charge on any atom is -0.359 e. The molecule has 0 aliphatic heterocycles. The topological polar surface area (TPSA) is 70.8 Å². The minimum atomic E-state index is -0.127. The lowest BCUT2D eigenvalue weighted by Crippen LogP contribution is -2.12. The lowest BCUT2D eigenvalue weighted by molar-refractivity contribution is 0.330. The van der Waals surface area contributed by atoms with Crippen molar-refractivity contribution in [3.63, 3.8) is 0 Å². The van der Waals surface area contributed by atoms with Gasteiger partial charge in [-0.2, -0.15) is 5.10 Å². The number of H-pyrrole nitrogens is 1. The lowest BCUT2D eigenvalue weighted by Gasteiger charge is -2.20. The van der Waals surface area contributed by atoms with Crippen molar-refractivity contribution in [2.75, 3.05) is 4.90 Å². The van der Waals surface area contributed by atoms with Crippen LogP contribution in [-0.4, -0.2) is 20.3 Å². The Bertz CT molecular complexity index is 997. The zero-order valence-electron chi connectivity index (χ0n) is 14.3. The smallest absolute Gasteiger partial charge is 0.182 e. The SMILES string of the molecule is CC(C)(C)c1cc(N(c2ccc3cn[nH]c3c2)c2[c]cccn2)no1. The fourth-order valence-corrected chi connectivity index (χ4v) is 2.59. The predicted molar refractivity (Wildman–Crippen MR) is 96.2 cm³/mol. The zero-order valence-corrected chi connectivity index (χ0v) is 14.3. The number of hydrogen-bond acceptors (Lipinski definition) is 5. The molecule has 1 N–H and O–H groups in total. The summed E-state index contributed by atoms with van der Waals surface area (Å²) in [6.45, 7) is 6.27. The van der Waals surface area contributed by atoms with Crippen LogP contribution in [0.3, 0.4) is 0 Å². The number of nitrogens with one attached hydrogen (secondary N) is 1. The first-order chi connectivity index (χ1) is 12.0. The summed E-state index contributed by atoms with van der Waals surface area (Å²) in [7, 11) is 0. The first-order valence-electron chi connectivity index (χ1n) is 8.05. The summed E-state index contributed by atoms with van der Waals surface area (Å²) in [6.07, 6.45) is 3.53. The Morgan fingerprint density at radius 3 is 2.80 bits per heavy atom. The fourth-order valence-electron chi connectivity index (χ4n) is 2.59. The number of rotatable bonds is 3. The molecule has 0 saturated heterocycles. The first kappa shape index (κ1) is 15.4. The number of anilines is 3. The van der Waals surface area contributed by atoms with Gasteiger partial charge in [0.1, 0.15) is 11.6 Å². The van der Waals surface area contributed by atoms with Crippen molar-refractivity contribution in [2.45, 2.75) is 26.2 Å². The average Bonchev–Trinajstić information content (AvgIpc) is 3.24. The Labute approximate surface area is 145 Å². The highest BCUT2D eigenvalue weighted by Gasteiger charge is 2.24. The first-order valence-corrected chi connectivity index (χ1v) is 8.05. The molecule has 6 nitrogen and oxygen atoms in total. The molecule has 0 spiro atoms. The summed E-state index contributed by atoms with van der Waals surface area (Å²) in [5.74, 6) is 2.12. The van der Waals surface area contributed by atoms with E-state index in [1.807, 2.05) is 41.3 Å². The van der Waals surface area contributed by atoms with Gasteiger partial charge in [0.2, 0.25) is 0 Å². The van der Waals surface area contributed by atoms with Crippen LogP contribution < -0.4 is 4.90 Å². The molecule has 0 amide bonds. The molecular formula is C19H18N5O. The molecule has 1 radical (unpaired) electrons. The maximum absolute atomic E-state index is 5.57. The third-order valence-corrected chi connectivity index (χ3v) is 3.95. The van der Waals surface area contributed by atoms with Crippen LogP contribution in [0.1, 0.15) is 26.5 Å². The van der Waals surface area contributed by atoms with Gasteiger partial charge in [-0.05, 0) is 30.3 Å². The van der Waals surface area contributed by atoms with Crippen LogP contribution in [0.2, 0.25) is 0 Å². The number of aromatic nitrogens is 4. The lowest BCUT2D eigenvalue weighted by atomic mass is 9.93. The van der Waals surface area contributed by atoms with E-state index in [4.69, 9.17) is 4.52 Å². The summed E-state index contributed by atoms with van der Waals surface area (Å²) in [4.78, 5) is 6.35. The second-order valence-electron chi connectivity index (χ2n) is 6.88. The molecule has 6 heteroatoms. The van der Waals surface area contributed by atoms with E-state index < -0.39 is 0 Å². The highest BCUT2D eigenvalue weighted by atomic mass is 16.5. The van der Waals surface area contributed by atoms with Gasteiger partial charge in [-0.25, -0.2) is 4.98 Å². The summed E-state index contributed by atoms with van der Waals surface area (Å²) >= 11 is 0. The molecule has 0 bridgehead atoms. The van der Waals surface area contributed by atoms with Crippen molar-refractivity contribution in [3.05, 3.63) is 60.6 Å². The number of pyridine rings is 1. The van der Waals surface area contributed by atoms with Crippen LogP contribution in [0.25, 0.3) is 10.9 Å².